The van der Waals surface area contributed by atoms with Gasteiger partial charge in [0.2, 0.25) is 0 Å². The number of rotatable bonds is 6. The van der Waals surface area contributed by atoms with E-state index in [9.17, 15) is 4.79 Å². The van der Waals surface area contributed by atoms with E-state index < -0.39 is 0 Å². The monoisotopic (exact) mass is 471 g/mol. The maximum atomic E-state index is 12.0. The van der Waals surface area contributed by atoms with E-state index in [2.05, 4.69) is 65.3 Å². The fraction of sp³-hybridized carbons (Fsp3) is 0.304. The van der Waals surface area contributed by atoms with Crippen LogP contribution >= 0.6 is 15.9 Å². The zero-order chi connectivity index (χ0) is 21.9. The Morgan fingerprint density at radius 3 is 2.63 bits per heavy atom. The van der Waals surface area contributed by atoms with Crippen molar-refractivity contribution < 1.29 is 14.3 Å². The second-order valence-electron chi connectivity index (χ2n) is 7.69. The standard InChI is InChI=1S/C23H26BrN3O3/c1-15-12-23(2,3)27(4)20-11-21(29-5)16(10-19(15)20)13-25-26-22(28)14-30-18-8-6-17(24)7-9-18/h6-13H,14H2,1-5H3,(H,26,28)/b25-13-. The molecule has 0 saturated carbocycles. The molecule has 0 aliphatic carbocycles. The number of hydrogen-bond donors (Lipinski definition) is 1. The highest BCUT2D eigenvalue weighted by molar-refractivity contribution is 9.10. The SMILES string of the molecule is COc1cc2c(cc1/C=N\NC(=O)COc1ccc(Br)cc1)C(C)=CC(C)(C)N2C. The van der Waals surface area contributed by atoms with Crippen LogP contribution in [0.5, 0.6) is 11.5 Å². The van der Waals surface area contributed by atoms with Crippen LogP contribution < -0.4 is 19.8 Å². The number of likely N-dealkylation sites (N-methyl/N-ethyl adjacent to an activating group) is 1. The third kappa shape index (κ3) is 4.84. The number of nitrogens with zero attached hydrogens (tertiary/aromatic N) is 2. The molecule has 0 saturated heterocycles. The number of hydrazone groups is 1. The molecule has 2 aromatic rings. The number of anilines is 1. The van der Waals surface area contributed by atoms with Crippen molar-refractivity contribution in [1.29, 1.82) is 0 Å². The minimum absolute atomic E-state index is 0.0828. The molecule has 1 N–H and O–H groups in total. The molecule has 158 valence electrons. The third-order valence-corrected chi connectivity index (χ3v) is 5.67. The van der Waals surface area contributed by atoms with Gasteiger partial charge in [0.15, 0.2) is 6.61 Å². The number of hydrogen-bond acceptors (Lipinski definition) is 5. The Morgan fingerprint density at radius 1 is 1.27 bits per heavy atom. The molecule has 30 heavy (non-hydrogen) atoms. The largest absolute Gasteiger partial charge is 0.496 e. The van der Waals surface area contributed by atoms with Crippen LogP contribution in [0.1, 0.15) is 31.9 Å². The summed E-state index contributed by atoms with van der Waals surface area (Å²) < 4.78 is 11.9. The smallest absolute Gasteiger partial charge is 0.277 e. The van der Waals surface area contributed by atoms with Crippen LogP contribution in [0, 0.1) is 0 Å². The lowest BCUT2D eigenvalue weighted by Crippen LogP contribution is -2.42. The summed E-state index contributed by atoms with van der Waals surface area (Å²) in [6, 6.07) is 11.3. The van der Waals surface area contributed by atoms with Crippen LogP contribution in [-0.2, 0) is 4.79 Å². The van der Waals surface area contributed by atoms with E-state index in [1.54, 1.807) is 25.5 Å². The van der Waals surface area contributed by atoms with Gasteiger partial charge in [-0.1, -0.05) is 22.0 Å². The highest BCUT2D eigenvalue weighted by Gasteiger charge is 2.29. The van der Waals surface area contributed by atoms with Crippen LogP contribution in [0.15, 0.2) is 52.0 Å². The van der Waals surface area contributed by atoms with Crippen molar-refractivity contribution in [3.63, 3.8) is 0 Å². The highest BCUT2D eigenvalue weighted by atomic mass is 79.9. The molecule has 2 aromatic carbocycles. The summed E-state index contributed by atoms with van der Waals surface area (Å²) in [7, 11) is 3.70. The maximum Gasteiger partial charge on any atom is 0.277 e. The molecule has 0 aromatic heterocycles. The van der Waals surface area contributed by atoms with E-state index in [1.165, 1.54) is 5.57 Å². The van der Waals surface area contributed by atoms with Gasteiger partial charge in [0.05, 0.1) is 18.9 Å². The molecule has 0 bridgehead atoms. The zero-order valence-electron chi connectivity index (χ0n) is 17.8. The van der Waals surface area contributed by atoms with Crippen LogP contribution in [0.4, 0.5) is 5.69 Å². The first-order chi connectivity index (χ1) is 14.2. The fourth-order valence-electron chi connectivity index (χ4n) is 3.36. The number of benzene rings is 2. The normalized spacial score (nSPS) is 14.9. The van der Waals surface area contributed by atoms with Crippen molar-refractivity contribution in [2.45, 2.75) is 26.3 Å². The lowest BCUT2D eigenvalue weighted by molar-refractivity contribution is -0.123. The van der Waals surface area contributed by atoms with Crippen LogP contribution in [0.2, 0.25) is 0 Å². The number of amides is 1. The van der Waals surface area contributed by atoms with E-state index in [-0.39, 0.29) is 18.1 Å². The van der Waals surface area contributed by atoms with Crippen molar-refractivity contribution >= 4 is 39.3 Å². The van der Waals surface area contributed by atoms with E-state index >= 15 is 0 Å². The summed E-state index contributed by atoms with van der Waals surface area (Å²) in [6.07, 6.45) is 3.83. The van der Waals surface area contributed by atoms with Crippen molar-refractivity contribution in [1.82, 2.24) is 5.43 Å². The van der Waals surface area contributed by atoms with Gasteiger partial charge < -0.3 is 14.4 Å². The highest BCUT2D eigenvalue weighted by Crippen LogP contribution is 2.40. The number of ether oxygens (including phenoxy) is 2. The lowest BCUT2D eigenvalue weighted by atomic mass is 9.88. The lowest BCUT2D eigenvalue weighted by Gasteiger charge is -2.40. The zero-order valence-corrected chi connectivity index (χ0v) is 19.4. The summed E-state index contributed by atoms with van der Waals surface area (Å²) in [4.78, 5) is 14.2. The molecule has 1 amide bonds. The molecule has 1 aliphatic heterocycles. The van der Waals surface area contributed by atoms with Gasteiger partial charge in [-0.2, -0.15) is 5.10 Å². The van der Waals surface area contributed by atoms with Gasteiger partial charge in [0.25, 0.3) is 5.91 Å². The molecule has 0 fully saturated rings. The average molecular weight is 472 g/mol. The fourth-order valence-corrected chi connectivity index (χ4v) is 3.62. The van der Waals surface area contributed by atoms with Gasteiger partial charge >= 0.3 is 0 Å². The van der Waals surface area contributed by atoms with Gasteiger partial charge in [-0.15, -0.1) is 0 Å². The van der Waals surface area contributed by atoms with Crippen molar-refractivity contribution in [2.75, 3.05) is 25.7 Å². The van der Waals surface area contributed by atoms with Crippen LogP contribution in [-0.4, -0.2) is 38.4 Å². The third-order valence-electron chi connectivity index (χ3n) is 5.14. The molecule has 0 spiro atoms. The Labute approximate surface area is 185 Å². The summed E-state index contributed by atoms with van der Waals surface area (Å²) in [5, 5.41) is 4.07. The number of allylic oxidation sites excluding steroid dienone is 1. The van der Waals surface area contributed by atoms with Crippen molar-refractivity contribution in [3.8, 4) is 11.5 Å². The molecule has 3 rings (SSSR count). The minimum Gasteiger partial charge on any atom is -0.496 e. The number of carbonyl (C=O) groups excluding carboxylic acids is 1. The Balaban J connectivity index is 1.70. The van der Waals surface area contributed by atoms with Gasteiger partial charge in [0.1, 0.15) is 11.5 Å². The molecular formula is C23H26BrN3O3. The quantitative estimate of drug-likeness (QED) is 0.493. The first kappa shape index (κ1) is 21.9. The molecule has 7 heteroatoms. The number of methoxy groups -OCH3 is 1. The predicted octanol–water partition coefficient (Wildman–Crippen LogP) is 4.62. The summed E-state index contributed by atoms with van der Waals surface area (Å²) in [6.45, 7) is 6.32. The molecular weight excluding hydrogens is 446 g/mol. The Hall–Kier alpha value is -2.80. The van der Waals surface area contributed by atoms with E-state index in [1.807, 2.05) is 24.3 Å². The van der Waals surface area contributed by atoms with Gasteiger partial charge in [0, 0.05) is 34.4 Å². The minimum atomic E-state index is -0.344. The molecule has 0 radical (unpaired) electrons. The van der Waals surface area contributed by atoms with Crippen LogP contribution in [0.25, 0.3) is 5.57 Å². The van der Waals surface area contributed by atoms with E-state index in [0.717, 1.165) is 21.3 Å². The number of halogens is 1. The molecule has 1 aliphatic rings. The summed E-state index contributed by atoms with van der Waals surface area (Å²) in [5.74, 6) is 0.960. The maximum absolute atomic E-state index is 12.0. The van der Waals surface area contributed by atoms with Crippen LogP contribution in [0.3, 0.4) is 0 Å². The van der Waals surface area contributed by atoms with Crippen molar-refractivity contribution in [2.24, 2.45) is 5.10 Å². The van der Waals surface area contributed by atoms with Gasteiger partial charge in [-0.25, -0.2) is 5.43 Å². The predicted molar refractivity (Wildman–Crippen MR) is 125 cm³/mol. The van der Waals surface area contributed by atoms with E-state index in [0.29, 0.717) is 11.5 Å². The molecule has 6 nitrogen and oxygen atoms in total. The first-order valence-corrected chi connectivity index (χ1v) is 10.4. The Bertz CT molecular complexity index is 997. The van der Waals surface area contributed by atoms with E-state index in [4.69, 9.17) is 9.47 Å². The van der Waals surface area contributed by atoms with Gasteiger partial charge in [-0.3, -0.25) is 4.79 Å². The Morgan fingerprint density at radius 2 is 1.97 bits per heavy atom. The molecule has 0 unspecified atom stereocenters. The molecule has 0 atom stereocenters. The average Bonchev–Trinajstić information content (AvgIpc) is 2.71. The van der Waals surface area contributed by atoms with Crippen molar-refractivity contribution in [3.05, 3.63) is 58.1 Å². The summed E-state index contributed by atoms with van der Waals surface area (Å²) in [5.41, 5.74) is 6.60. The Kier molecular flexibility index (Phi) is 6.51. The number of nitrogens with one attached hydrogen (secondary N) is 1. The number of carbonyl (C=O) groups is 1. The summed E-state index contributed by atoms with van der Waals surface area (Å²) >= 11 is 3.36. The first-order valence-electron chi connectivity index (χ1n) is 9.57. The topological polar surface area (TPSA) is 63.2 Å². The second kappa shape index (κ2) is 8.92. The molecule has 1 heterocycles. The second-order valence-corrected chi connectivity index (χ2v) is 8.60. The number of fused-ring (bicyclic) bond motifs is 1. The van der Waals surface area contributed by atoms with Gasteiger partial charge in [-0.05, 0) is 56.7 Å².